The minimum atomic E-state index is -0.131. The Hall–Kier alpha value is -0.360. The van der Waals surface area contributed by atoms with Crippen molar-refractivity contribution in [1.29, 1.82) is 0 Å². The van der Waals surface area contributed by atoms with Crippen LogP contribution >= 0.6 is 23.5 Å². The zero-order valence-electron chi connectivity index (χ0n) is 13.6. The second kappa shape index (κ2) is 9.06. The van der Waals surface area contributed by atoms with Crippen LogP contribution in [0, 0.1) is 5.92 Å². The predicted octanol–water partition coefficient (Wildman–Crippen LogP) is 2.81. The number of ether oxygens (including phenoxy) is 1. The second-order valence-corrected chi connectivity index (χ2v) is 8.92. The molecule has 2 atom stereocenters. The third kappa shape index (κ3) is 6.03. The van der Waals surface area contributed by atoms with Gasteiger partial charge in [0.15, 0.2) is 0 Å². The zero-order valence-corrected chi connectivity index (χ0v) is 15.2. The molecule has 22 heavy (non-hydrogen) atoms. The number of piperidine rings is 1. The van der Waals surface area contributed by atoms with Crippen molar-refractivity contribution in [3.63, 3.8) is 0 Å². The van der Waals surface area contributed by atoms with E-state index in [1.54, 1.807) is 0 Å². The van der Waals surface area contributed by atoms with Crippen molar-refractivity contribution in [2.24, 2.45) is 5.92 Å². The monoisotopic (exact) mass is 345 g/mol. The van der Waals surface area contributed by atoms with E-state index in [-0.39, 0.29) is 23.9 Å². The number of likely N-dealkylation sites (tertiary alicyclic amines) is 1. The van der Waals surface area contributed by atoms with Gasteiger partial charge in [0.2, 0.25) is 5.91 Å². The number of amides is 1. The van der Waals surface area contributed by atoms with Crippen LogP contribution in [0.1, 0.15) is 39.5 Å². The first-order chi connectivity index (χ1) is 10.5. The molecular weight excluding hydrogens is 318 g/mol. The Kier molecular flexibility index (Phi) is 7.41. The van der Waals surface area contributed by atoms with Gasteiger partial charge < -0.3 is 9.64 Å². The Labute approximate surface area is 142 Å². The smallest absolute Gasteiger partial charge is 0.306 e. The lowest BCUT2D eigenvalue weighted by molar-refractivity contribution is -0.149. The maximum absolute atomic E-state index is 12.5. The summed E-state index contributed by atoms with van der Waals surface area (Å²) < 4.78 is 5.22. The molecule has 4 nitrogen and oxygen atoms in total. The van der Waals surface area contributed by atoms with Gasteiger partial charge in [-0.25, -0.2) is 0 Å². The van der Waals surface area contributed by atoms with Crippen molar-refractivity contribution in [2.45, 2.75) is 50.9 Å². The summed E-state index contributed by atoms with van der Waals surface area (Å²) in [6.07, 6.45) is 3.05. The van der Waals surface area contributed by atoms with E-state index in [2.05, 4.69) is 0 Å². The Balaban J connectivity index is 1.76. The fourth-order valence-electron chi connectivity index (χ4n) is 2.98. The van der Waals surface area contributed by atoms with Gasteiger partial charge in [0.1, 0.15) is 0 Å². The Morgan fingerprint density at radius 1 is 1.27 bits per heavy atom. The summed E-state index contributed by atoms with van der Waals surface area (Å²) in [6.45, 7) is 5.30. The first-order valence-electron chi connectivity index (χ1n) is 8.21. The van der Waals surface area contributed by atoms with Gasteiger partial charge in [-0.1, -0.05) is 0 Å². The summed E-state index contributed by atoms with van der Waals surface area (Å²) in [5, 5.41) is 0.470. The average Bonchev–Trinajstić information content (AvgIpc) is 2.47. The number of nitrogens with zero attached hydrogens (tertiary/aromatic N) is 1. The van der Waals surface area contributed by atoms with Crippen LogP contribution in [0.5, 0.6) is 0 Å². The van der Waals surface area contributed by atoms with Crippen LogP contribution < -0.4 is 0 Å². The topological polar surface area (TPSA) is 46.6 Å². The Morgan fingerprint density at radius 3 is 2.77 bits per heavy atom. The van der Waals surface area contributed by atoms with Gasteiger partial charge in [-0.05, 0) is 32.6 Å². The summed E-state index contributed by atoms with van der Waals surface area (Å²) in [5.74, 6) is 3.85. The van der Waals surface area contributed by atoms with Gasteiger partial charge in [-0.2, -0.15) is 23.5 Å². The summed E-state index contributed by atoms with van der Waals surface area (Å²) >= 11 is 3.88. The summed E-state index contributed by atoms with van der Waals surface area (Å²) in [7, 11) is 0. The lowest BCUT2D eigenvalue weighted by atomic mass is 9.94. The van der Waals surface area contributed by atoms with Crippen molar-refractivity contribution >= 4 is 35.4 Å². The van der Waals surface area contributed by atoms with Gasteiger partial charge in [0.05, 0.1) is 12.5 Å². The van der Waals surface area contributed by atoms with E-state index in [0.29, 0.717) is 18.1 Å². The Morgan fingerprint density at radius 2 is 2.09 bits per heavy atom. The molecule has 2 saturated heterocycles. The highest BCUT2D eigenvalue weighted by molar-refractivity contribution is 8.06. The Bertz CT molecular complexity index is 384. The molecule has 2 heterocycles. The van der Waals surface area contributed by atoms with Crippen molar-refractivity contribution < 1.29 is 14.3 Å². The van der Waals surface area contributed by atoms with Crippen molar-refractivity contribution in [3.8, 4) is 0 Å². The summed E-state index contributed by atoms with van der Waals surface area (Å²) in [6, 6.07) is 0. The number of hydrogen-bond donors (Lipinski definition) is 0. The average molecular weight is 346 g/mol. The number of rotatable bonds is 5. The third-order valence-corrected chi connectivity index (χ3v) is 6.83. The largest absolute Gasteiger partial charge is 0.463 e. The van der Waals surface area contributed by atoms with Gasteiger partial charge in [-0.15, -0.1) is 0 Å². The molecule has 0 spiro atoms. The van der Waals surface area contributed by atoms with Gasteiger partial charge >= 0.3 is 5.97 Å². The van der Waals surface area contributed by atoms with Gasteiger partial charge in [0.25, 0.3) is 0 Å². The molecule has 0 aromatic carbocycles. The van der Waals surface area contributed by atoms with E-state index in [1.807, 2.05) is 42.3 Å². The highest BCUT2D eigenvalue weighted by Crippen LogP contribution is 2.28. The first kappa shape index (κ1) is 18.0. The number of carbonyl (C=O) groups excluding carboxylic acids is 2. The minimum Gasteiger partial charge on any atom is -0.463 e. The lowest BCUT2D eigenvalue weighted by Crippen LogP contribution is -2.42. The molecule has 0 saturated carbocycles. The fraction of sp³-hybridized carbons (Fsp3) is 0.875. The molecule has 2 aliphatic heterocycles. The van der Waals surface area contributed by atoms with Gasteiger partial charge in [0, 0.05) is 42.0 Å². The second-order valence-electron chi connectivity index (χ2n) is 6.36. The maximum Gasteiger partial charge on any atom is 0.306 e. The van der Waals surface area contributed by atoms with E-state index < -0.39 is 0 Å². The SMILES string of the molecule is CC(C)OC(=O)C[C@@H]1CCCN(C(=O)C[C@@H]2CSCCS2)C1. The van der Waals surface area contributed by atoms with Crippen molar-refractivity contribution in [2.75, 3.05) is 30.3 Å². The van der Waals surface area contributed by atoms with E-state index in [4.69, 9.17) is 4.74 Å². The molecular formula is C16H27NO3S2. The molecule has 1 amide bonds. The minimum absolute atomic E-state index is 0.0605. The normalized spacial score (nSPS) is 26.0. The van der Waals surface area contributed by atoms with Crippen LogP contribution in [0.4, 0.5) is 0 Å². The molecule has 2 rings (SSSR count). The predicted molar refractivity (Wildman–Crippen MR) is 93.3 cm³/mol. The van der Waals surface area contributed by atoms with E-state index in [0.717, 1.165) is 37.4 Å². The standard InChI is InChI=1S/C16H27NO3S2/c1-12(2)20-16(19)8-13-4-3-5-17(10-13)15(18)9-14-11-21-6-7-22-14/h12-14H,3-11H2,1-2H3/t13-,14+/m0/s1. The molecule has 0 bridgehead atoms. The third-order valence-electron chi connectivity index (χ3n) is 3.98. The zero-order chi connectivity index (χ0) is 15.9. The molecule has 0 radical (unpaired) electrons. The molecule has 0 unspecified atom stereocenters. The number of thioether (sulfide) groups is 2. The van der Waals surface area contributed by atoms with E-state index in [1.165, 1.54) is 5.75 Å². The van der Waals surface area contributed by atoms with Crippen LogP contribution in [0.25, 0.3) is 0 Å². The molecule has 0 aliphatic carbocycles. The molecule has 0 N–H and O–H groups in total. The van der Waals surface area contributed by atoms with Crippen LogP contribution in [-0.4, -0.2) is 58.5 Å². The molecule has 0 aromatic rings. The molecule has 6 heteroatoms. The van der Waals surface area contributed by atoms with Crippen molar-refractivity contribution in [3.05, 3.63) is 0 Å². The summed E-state index contributed by atoms with van der Waals surface area (Å²) in [5.41, 5.74) is 0. The quantitative estimate of drug-likeness (QED) is 0.717. The molecule has 2 fully saturated rings. The van der Waals surface area contributed by atoms with Crippen LogP contribution in [-0.2, 0) is 14.3 Å². The fourth-order valence-corrected chi connectivity index (χ4v) is 5.65. The van der Waals surface area contributed by atoms with Crippen molar-refractivity contribution in [1.82, 2.24) is 4.90 Å². The number of hydrogen-bond acceptors (Lipinski definition) is 5. The lowest BCUT2D eigenvalue weighted by Gasteiger charge is -2.33. The van der Waals surface area contributed by atoms with Crippen LogP contribution in [0.15, 0.2) is 0 Å². The van der Waals surface area contributed by atoms with E-state index >= 15 is 0 Å². The summed E-state index contributed by atoms with van der Waals surface area (Å²) in [4.78, 5) is 26.2. The van der Waals surface area contributed by atoms with Gasteiger partial charge in [-0.3, -0.25) is 9.59 Å². The molecule has 0 aromatic heterocycles. The van der Waals surface area contributed by atoms with E-state index in [9.17, 15) is 9.59 Å². The number of carbonyl (C=O) groups is 2. The molecule has 2 aliphatic rings. The highest BCUT2D eigenvalue weighted by Gasteiger charge is 2.28. The first-order valence-corrected chi connectivity index (χ1v) is 10.4. The molecule has 126 valence electrons. The van der Waals surface area contributed by atoms with Crippen LogP contribution in [0.2, 0.25) is 0 Å². The van der Waals surface area contributed by atoms with Crippen LogP contribution in [0.3, 0.4) is 0 Å². The highest BCUT2D eigenvalue weighted by atomic mass is 32.2. The number of esters is 1. The maximum atomic E-state index is 12.5.